The zero-order valence-electron chi connectivity index (χ0n) is 9.37. The molecule has 0 heterocycles. The molecule has 0 radical (unpaired) electrons. The van der Waals surface area contributed by atoms with E-state index in [1.165, 1.54) is 0 Å². The number of ether oxygens (including phenoxy) is 1. The molecule has 0 aromatic rings. The lowest BCUT2D eigenvalue weighted by atomic mass is 10.4. The summed E-state index contributed by atoms with van der Waals surface area (Å²) in [5, 5.41) is -1.78. The molecule has 0 spiro atoms. The molecule has 7 heteroatoms. The molecule has 0 saturated heterocycles. The molecule has 3 atom stereocenters. The fraction of sp³-hybridized carbons (Fsp3) is 1.00. The molecule has 0 rings (SSSR count). The van der Waals surface area contributed by atoms with Gasteiger partial charge in [0.2, 0.25) is 0 Å². The van der Waals surface area contributed by atoms with Gasteiger partial charge in [0, 0.05) is 11.3 Å². The normalized spacial score (nSPS) is 20.1. The molecule has 0 N–H and O–H groups in total. The van der Waals surface area contributed by atoms with E-state index in [4.69, 9.17) is 74.3 Å². The summed E-state index contributed by atoms with van der Waals surface area (Å²) in [6, 6.07) is 0. The summed E-state index contributed by atoms with van der Waals surface area (Å²) in [7, 11) is 0. The third-order valence-electron chi connectivity index (χ3n) is 1.12. The number of halogens is 6. The highest BCUT2D eigenvalue weighted by Crippen LogP contribution is 2.29. The molecule has 16 heavy (non-hydrogen) atoms. The van der Waals surface area contributed by atoms with E-state index in [1.807, 2.05) is 6.92 Å². The minimum absolute atomic E-state index is 0.122. The van der Waals surface area contributed by atoms with Crippen molar-refractivity contribution in [1.82, 2.24) is 0 Å². The monoisotopic (exact) mass is 350 g/mol. The van der Waals surface area contributed by atoms with Gasteiger partial charge >= 0.3 is 0 Å². The maximum atomic E-state index is 5.79. The van der Waals surface area contributed by atoms with Gasteiger partial charge in [0.15, 0.2) is 10.1 Å². The van der Waals surface area contributed by atoms with Crippen LogP contribution >= 0.6 is 69.6 Å². The van der Waals surface area contributed by atoms with Gasteiger partial charge < -0.3 is 4.74 Å². The van der Waals surface area contributed by atoms with Crippen LogP contribution in [0.4, 0.5) is 0 Å². The van der Waals surface area contributed by atoms with Crippen LogP contribution in [0.15, 0.2) is 0 Å². The van der Waals surface area contributed by atoms with Crippen LogP contribution in [0.25, 0.3) is 0 Å². The second kappa shape index (κ2) is 9.61. The van der Waals surface area contributed by atoms with Gasteiger partial charge in [-0.1, -0.05) is 23.2 Å². The van der Waals surface area contributed by atoms with Crippen molar-refractivity contribution in [1.29, 1.82) is 0 Å². The lowest BCUT2D eigenvalue weighted by molar-refractivity contribution is -0.0220. The standard InChI is InChI=1S/C6H10Cl4O.C3H6Cl2/c1-5(9,3-7)11-6(2,10)4-8;1-3(5)2-4/h3-4H2,1-2H3;3H,2H2,1H3. The van der Waals surface area contributed by atoms with E-state index in [-0.39, 0.29) is 17.1 Å². The van der Waals surface area contributed by atoms with E-state index < -0.39 is 10.1 Å². The molecule has 3 unspecified atom stereocenters. The van der Waals surface area contributed by atoms with Crippen LogP contribution in [-0.2, 0) is 4.74 Å². The van der Waals surface area contributed by atoms with Crippen molar-refractivity contribution in [3.63, 3.8) is 0 Å². The Kier molecular flexibility index (Phi) is 12.0. The molecule has 0 aliphatic heterocycles. The van der Waals surface area contributed by atoms with Gasteiger partial charge in [-0.05, 0) is 20.8 Å². The summed E-state index contributed by atoms with van der Waals surface area (Å²) in [6.07, 6.45) is 0. The summed E-state index contributed by atoms with van der Waals surface area (Å²) in [6.45, 7) is 5.12. The fourth-order valence-corrected chi connectivity index (χ4v) is 0.987. The molecule has 0 amide bonds. The van der Waals surface area contributed by atoms with Crippen molar-refractivity contribution in [2.45, 2.75) is 36.3 Å². The molecule has 1 nitrogen and oxygen atoms in total. The smallest absolute Gasteiger partial charge is 0.154 e. The summed E-state index contributed by atoms with van der Waals surface area (Å²) in [5.41, 5.74) is 0. The van der Waals surface area contributed by atoms with Crippen molar-refractivity contribution >= 4 is 69.6 Å². The maximum absolute atomic E-state index is 5.79. The molecule has 0 aromatic heterocycles. The predicted molar refractivity (Wildman–Crippen MR) is 77.1 cm³/mol. The van der Waals surface area contributed by atoms with Crippen LogP contribution in [0.5, 0.6) is 0 Å². The average Bonchev–Trinajstić information content (AvgIpc) is 2.17. The van der Waals surface area contributed by atoms with E-state index in [0.717, 1.165) is 0 Å². The van der Waals surface area contributed by atoms with Crippen molar-refractivity contribution in [3.05, 3.63) is 0 Å². The zero-order chi connectivity index (χ0) is 13.4. The molecule has 0 bridgehead atoms. The molecule has 100 valence electrons. The number of hydrogen-bond donors (Lipinski definition) is 0. The molecule has 0 aliphatic carbocycles. The Balaban J connectivity index is 0. The largest absolute Gasteiger partial charge is 0.336 e. The summed E-state index contributed by atoms with van der Waals surface area (Å²) in [4.78, 5) is 0. The SMILES string of the molecule is CC(Cl)(CCl)OC(C)(Cl)CCl.CC(Cl)CCl. The highest BCUT2D eigenvalue weighted by atomic mass is 35.5. The van der Waals surface area contributed by atoms with E-state index in [9.17, 15) is 0 Å². The van der Waals surface area contributed by atoms with Gasteiger partial charge in [-0.3, -0.25) is 0 Å². The minimum atomic E-state index is -0.951. The van der Waals surface area contributed by atoms with Crippen molar-refractivity contribution in [2.75, 3.05) is 17.6 Å². The maximum Gasteiger partial charge on any atom is 0.154 e. The number of rotatable bonds is 5. The first-order valence-electron chi connectivity index (χ1n) is 4.50. The Morgan fingerprint density at radius 2 is 1.25 bits per heavy atom. The van der Waals surface area contributed by atoms with Crippen molar-refractivity contribution < 1.29 is 4.74 Å². The van der Waals surface area contributed by atoms with Crippen LogP contribution in [0, 0.1) is 0 Å². The second-order valence-electron chi connectivity index (χ2n) is 3.51. The minimum Gasteiger partial charge on any atom is -0.336 e. The van der Waals surface area contributed by atoms with Crippen LogP contribution < -0.4 is 0 Å². The lowest BCUT2D eigenvalue weighted by Gasteiger charge is -2.29. The van der Waals surface area contributed by atoms with Crippen LogP contribution in [0.1, 0.15) is 20.8 Å². The first-order valence-corrected chi connectivity index (χ1v) is 7.29. The predicted octanol–water partition coefficient (Wildman–Crippen LogP) is 5.24. The third-order valence-corrected chi connectivity index (χ3v) is 3.61. The Morgan fingerprint density at radius 1 is 1.00 bits per heavy atom. The van der Waals surface area contributed by atoms with Gasteiger partial charge in [0.05, 0.1) is 11.8 Å². The molecular formula is C9H16Cl6O. The van der Waals surface area contributed by atoms with Gasteiger partial charge in [-0.25, -0.2) is 0 Å². The molecule has 0 aromatic carbocycles. The van der Waals surface area contributed by atoms with Gasteiger partial charge in [0.25, 0.3) is 0 Å². The van der Waals surface area contributed by atoms with Crippen LogP contribution in [0.3, 0.4) is 0 Å². The fourth-order valence-electron chi connectivity index (χ4n) is 0.498. The molecule has 0 saturated carbocycles. The van der Waals surface area contributed by atoms with E-state index >= 15 is 0 Å². The van der Waals surface area contributed by atoms with Crippen molar-refractivity contribution in [2.24, 2.45) is 0 Å². The Labute approximate surface area is 128 Å². The molecule has 0 aliphatic rings. The zero-order valence-corrected chi connectivity index (χ0v) is 13.9. The topological polar surface area (TPSA) is 9.23 Å². The van der Waals surface area contributed by atoms with Gasteiger partial charge in [-0.2, -0.15) is 0 Å². The van der Waals surface area contributed by atoms with E-state index in [2.05, 4.69) is 0 Å². The highest BCUT2D eigenvalue weighted by molar-refractivity contribution is 6.31. The number of alkyl halides is 6. The van der Waals surface area contributed by atoms with Crippen LogP contribution in [0.2, 0.25) is 0 Å². The molecular weight excluding hydrogens is 337 g/mol. The van der Waals surface area contributed by atoms with E-state index in [1.54, 1.807) is 13.8 Å². The van der Waals surface area contributed by atoms with Gasteiger partial charge in [-0.15, -0.1) is 46.4 Å². The Hall–Kier alpha value is 1.70. The van der Waals surface area contributed by atoms with E-state index in [0.29, 0.717) is 5.88 Å². The number of hydrogen-bond acceptors (Lipinski definition) is 1. The molecule has 0 fully saturated rings. The Morgan fingerprint density at radius 3 is 1.38 bits per heavy atom. The summed E-state index contributed by atoms with van der Waals surface area (Å²) in [5.74, 6) is 0.864. The third kappa shape index (κ3) is 13.8. The Bertz CT molecular complexity index is 157. The first kappa shape index (κ1) is 20.0. The average molecular weight is 353 g/mol. The van der Waals surface area contributed by atoms with Gasteiger partial charge in [0.1, 0.15) is 0 Å². The van der Waals surface area contributed by atoms with Crippen molar-refractivity contribution in [3.8, 4) is 0 Å². The first-order chi connectivity index (χ1) is 7.10. The summed E-state index contributed by atoms with van der Waals surface area (Å²) < 4.78 is 5.19. The second-order valence-corrected chi connectivity index (χ2v) is 6.70. The lowest BCUT2D eigenvalue weighted by Crippen LogP contribution is -2.35. The highest BCUT2D eigenvalue weighted by Gasteiger charge is 2.31. The van der Waals surface area contributed by atoms with Crippen LogP contribution in [-0.4, -0.2) is 33.1 Å². The quantitative estimate of drug-likeness (QED) is 0.614. The summed E-state index contributed by atoms with van der Waals surface area (Å²) >= 11 is 33.1.